The van der Waals surface area contributed by atoms with Crippen molar-refractivity contribution in [2.24, 2.45) is 5.41 Å². The van der Waals surface area contributed by atoms with Gasteiger partial charge in [-0.3, -0.25) is 14.4 Å². The molecule has 2 amide bonds. The van der Waals surface area contributed by atoms with Gasteiger partial charge in [0.1, 0.15) is 6.04 Å². The van der Waals surface area contributed by atoms with Crippen molar-refractivity contribution in [1.29, 1.82) is 0 Å². The number of hydrogen-bond acceptors (Lipinski definition) is 4. The maximum Gasteiger partial charge on any atom is 0.308 e. The number of nitrogens with one attached hydrogen (secondary N) is 2. The third-order valence-electron chi connectivity index (χ3n) is 3.68. The van der Waals surface area contributed by atoms with Gasteiger partial charge in [0.05, 0.1) is 18.6 Å². The maximum atomic E-state index is 12.5. The molecule has 2 N–H and O–H groups in total. The summed E-state index contributed by atoms with van der Waals surface area (Å²) in [7, 11) is 0. The largest absolute Gasteiger partial charge is 0.463 e. The highest BCUT2D eigenvalue weighted by Gasteiger charge is 2.27. The van der Waals surface area contributed by atoms with Gasteiger partial charge < -0.3 is 15.4 Å². The average Bonchev–Trinajstić information content (AvgIpc) is 2.53. The minimum Gasteiger partial charge on any atom is -0.463 e. The fourth-order valence-corrected chi connectivity index (χ4v) is 2.19. The van der Waals surface area contributed by atoms with Gasteiger partial charge in [-0.25, -0.2) is 0 Å². The van der Waals surface area contributed by atoms with E-state index in [2.05, 4.69) is 10.6 Å². The van der Waals surface area contributed by atoms with E-state index in [4.69, 9.17) is 4.74 Å². The number of carbonyl (C=O) groups is 3. The predicted molar refractivity (Wildman–Crippen MR) is 100 cm³/mol. The molecule has 2 atom stereocenters. The summed E-state index contributed by atoms with van der Waals surface area (Å²) in [6.45, 7) is 10.5. The van der Waals surface area contributed by atoms with E-state index < -0.39 is 17.5 Å². The fraction of sp³-hybridized carbons (Fsp3) is 0.550. The molecule has 1 rings (SSSR count). The minimum atomic E-state index is -0.714. The van der Waals surface area contributed by atoms with Crippen molar-refractivity contribution in [3.63, 3.8) is 0 Å². The Bertz CT molecular complexity index is 620. The molecule has 0 saturated heterocycles. The Kier molecular flexibility index (Phi) is 7.80. The van der Waals surface area contributed by atoms with Crippen LogP contribution in [0.1, 0.15) is 59.6 Å². The molecule has 144 valence electrons. The van der Waals surface area contributed by atoms with Crippen LogP contribution in [-0.4, -0.2) is 29.9 Å². The van der Waals surface area contributed by atoms with E-state index in [0.29, 0.717) is 0 Å². The molecule has 0 heterocycles. The fourth-order valence-electron chi connectivity index (χ4n) is 2.19. The zero-order valence-electron chi connectivity index (χ0n) is 16.5. The van der Waals surface area contributed by atoms with Crippen molar-refractivity contribution in [3.8, 4) is 0 Å². The van der Waals surface area contributed by atoms with Crippen LogP contribution in [0.15, 0.2) is 30.3 Å². The molecule has 0 radical (unpaired) electrons. The molecule has 0 spiro atoms. The molecule has 0 aliphatic carbocycles. The number of ether oxygens (including phenoxy) is 1. The predicted octanol–water partition coefficient (Wildman–Crippen LogP) is 2.74. The van der Waals surface area contributed by atoms with Crippen molar-refractivity contribution in [1.82, 2.24) is 10.6 Å². The number of esters is 1. The molecule has 0 aliphatic rings. The highest BCUT2D eigenvalue weighted by Crippen LogP contribution is 2.18. The summed E-state index contributed by atoms with van der Waals surface area (Å²) >= 11 is 0. The van der Waals surface area contributed by atoms with Gasteiger partial charge in [-0.15, -0.1) is 0 Å². The third-order valence-corrected chi connectivity index (χ3v) is 3.68. The smallest absolute Gasteiger partial charge is 0.308 e. The van der Waals surface area contributed by atoms with Crippen LogP contribution in [0.5, 0.6) is 0 Å². The average molecular weight is 362 g/mol. The quantitative estimate of drug-likeness (QED) is 0.731. The molecular formula is C20H30N2O4. The first kappa shape index (κ1) is 21.7. The Morgan fingerprint density at radius 2 is 1.58 bits per heavy atom. The van der Waals surface area contributed by atoms with Gasteiger partial charge in [0, 0.05) is 5.41 Å². The lowest BCUT2D eigenvalue weighted by molar-refractivity contribution is -0.148. The number of benzene rings is 1. The standard InChI is InChI=1S/C20H30N2O4/c1-13(2)26-17(23)12-16(15-10-8-7-9-11-15)22-18(24)14(3)21-19(25)20(4,5)6/h7-11,13-14,16H,12H2,1-6H3,(H,21,25)(H,22,24). The molecule has 0 fully saturated rings. The summed E-state index contributed by atoms with van der Waals surface area (Å²) in [4.78, 5) is 36.6. The zero-order valence-corrected chi connectivity index (χ0v) is 16.5. The molecule has 1 aromatic carbocycles. The van der Waals surface area contributed by atoms with Crippen molar-refractivity contribution >= 4 is 17.8 Å². The van der Waals surface area contributed by atoms with Gasteiger partial charge in [0.15, 0.2) is 0 Å². The number of carbonyl (C=O) groups excluding carboxylic acids is 3. The molecule has 0 bridgehead atoms. The Morgan fingerprint density at radius 3 is 2.08 bits per heavy atom. The van der Waals surface area contributed by atoms with E-state index in [0.717, 1.165) is 5.56 Å². The second kappa shape index (κ2) is 9.36. The van der Waals surface area contributed by atoms with E-state index in [-0.39, 0.29) is 30.3 Å². The molecule has 0 aromatic heterocycles. The van der Waals surface area contributed by atoms with Crippen LogP contribution < -0.4 is 10.6 Å². The van der Waals surface area contributed by atoms with Gasteiger partial charge in [-0.1, -0.05) is 51.1 Å². The number of rotatable bonds is 7. The molecule has 2 unspecified atom stereocenters. The first-order valence-corrected chi connectivity index (χ1v) is 8.86. The van der Waals surface area contributed by atoms with Crippen LogP contribution in [-0.2, 0) is 19.1 Å². The number of amides is 2. The summed E-state index contributed by atoms with van der Waals surface area (Å²) in [5, 5.41) is 5.53. The Morgan fingerprint density at radius 1 is 1.00 bits per heavy atom. The lowest BCUT2D eigenvalue weighted by Gasteiger charge is -2.24. The Hall–Kier alpha value is -2.37. The van der Waals surface area contributed by atoms with Crippen molar-refractivity contribution in [2.45, 2.75) is 66.2 Å². The van der Waals surface area contributed by atoms with Crippen LogP contribution in [0, 0.1) is 5.41 Å². The lowest BCUT2D eigenvalue weighted by Crippen LogP contribution is -2.49. The van der Waals surface area contributed by atoms with Crippen LogP contribution in [0.3, 0.4) is 0 Å². The van der Waals surface area contributed by atoms with Crippen molar-refractivity contribution in [3.05, 3.63) is 35.9 Å². The molecule has 0 saturated carbocycles. The minimum absolute atomic E-state index is 0.0217. The van der Waals surface area contributed by atoms with Gasteiger partial charge in [0.25, 0.3) is 0 Å². The van der Waals surface area contributed by atoms with E-state index in [1.807, 2.05) is 30.3 Å². The summed E-state index contributed by atoms with van der Waals surface area (Å²) in [6.07, 6.45) is -0.201. The summed E-state index contributed by atoms with van der Waals surface area (Å²) in [5.41, 5.74) is 0.213. The molecule has 1 aromatic rings. The van der Waals surface area contributed by atoms with Crippen molar-refractivity contribution in [2.75, 3.05) is 0 Å². The Labute approximate surface area is 155 Å². The molecule has 26 heavy (non-hydrogen) atoms. The summed E-state index contributed by atoms with van der Waals surface area (Å²) < 4.78 is 5.19. The summed E-state index contributed by atoms with van der Waals surface area (Å²) in [6, 6.07) is 7.98. The van der Waals surface area contributed by atoms with Gasteiger partial charge >= 0.3 is 5.97 Å². The lowest BCUT2D eigenvalue weighted by atomic mass is 9.95. The topological polar surface area (TPSA) is 84.5 Å². The van der Waals surface area contributed by atoms with Crippen LogP contribution >= 0.6 is 0 Å². The van der Waals surface area contributed by atoms with Crippen LogP contribution in [0.4, 0.5) is 0 Å². The van der Waals surface area contributed by atoms with Crippen LogP contribution in [0.2, 0.25) is 0 Å². The second-order valence-electron chi connectivity index (χ2n) is 7.66. The van der Waals surface area contributed by atoms with Gasteiger partial charge in [0.2, 0.25) is 11.8 Å². The van der Waals surface area contributed by atoms with Gasteiger partial charge in [-0.05, 0) is 26.3 Å². The molecular weight excluding hydrogens is 332 g/mol. The summed E-state index contributed by atoms with van der Waals surface area (Å²) in [5.74, 6) is -0.954. The van der Waals surface area contributed by atoms with Crippen molar-refractivity contribution < 1.29 is 19.1 Å². The molecule has 0 aliphatic heterocycles. The normalized spacial score (nSPS) is 13.7. The molecule has 6 nitrogen and oxygen atoms in total. The Balaban J connectivity index is 2.83. The van der Waals surface area contributed by atoms with E-state index in [9.17, 15) is 14.4 Å². The van der Waals surface area contributed by atoms with E-state index >= 15 is 0 Å². The maximum absolute atomic E-state index is 12.5. The van der Waals surface area contributed by atoms with E-state index in [1.54, 1.807) is 41.5 Å². The highest BCUT2D eigenvalue weighted by molar-refractivity contribution is 5.89. The highest BCUT2D eigenvalue weighted by atomic mass is 16.5. The third kappa shape index (κ3) is 7.25. The SMILES string of the molecule is CC(C)OC(=O)CC(NC(=O)C(C)NC(=O)C(C)(C)C)c1ccccc1. The van der Waals surface area contributed by atoms with E-state index in [1.165, 1.54) is 0 Å². The first-order chi connectivity index (χ1) is 12.0. The monoisotopic (exact) mass is 362 g/mol. The van der Waals surface area contributed by atoms with Gasteiger partial charge in [-0.2, -0.15) is 0 Å². The zero-order chi connectivity index (χ0) is 19.9. The first-order valence-electron chi connectivity index (χ1n) is 8.86. The number of hydrogen-bond donors (Lipinski definition) is 2. The molecule has 6 heteroatoms. The second-order valence-corrected chi connectivity index (χ2v) is 7.66. The van der Waals surface area contributed by atoms with Crippen LogP contribution in [0.25, 0.3) is 0 Å².